The molecule has 0 spiro atoms. The standard InChI is InChI=1S/C22H19ClN2O2/c1-25(15-16-7-3-2-4-8-16)22(27)18-10-5-9-17(13-18)21(26)24-20-12-6-11-19(23)14-20/h2-14H,15H2,1H3,(H,24,26). The van der Waals surface area contributed by atoms with Crippen LogP contribution in [0.1, 0.15) is 26.3 Å². The van der Waals surface area contributed by atoms with E-state index in [9.17, 15) is 9.59 Å². The van der Waals surface area contributed by atoms with E-state index in [-0.39, 0.29) is 11.8 Å². The molecule has 4 nitrogen and oxygen atoms in total. The third-order valence-electron chi connectivity index (χ3n) is 4.06. The molecule has 0 radical (unpaired) electrons. The maximum Gasteiger partial charge on any atom is 0.255 e. The predicted molar refractivity (Wildman–Crippen MR) is 108 cm³/mol. The molecule has 0 unspecified atom stereocenters. The summed E-state index contributed by atoms with van der Waals surface area (Å²) < 4.78 is 0. The van der Waals surface area contributed by atoms with Crippen LogP contribution in [0.15, 0.2) is 78.9 Å². The molecule has 0 heterocycles. The number of nitrogens with one attached hydrogen (secondary N) is 1. The van der Waals surface area contributed by atoms with Gasteiger partial charge in [0.1, 0.15) is 0 Å². The average molecular weight is 379 g/mol. The number of amides is 2. The molecule has 0 aliphatic rings. The molecule has 3 aromatic rings. The zero-order valence-corrected chi connectivity index (χ0v) is 15.6. The smallest absolute Gasteiger partial charge is 0.255 e. The highest BCUT2D eigenvalue weighted by Gasteiger charge is 2.14. The highest BCUT2D eigenvalue weighted by atomic mass is 35.5. The second-order valence-corrected chi connectivity index (χ2v) is 6.63. The number of hydrogen-bond donors (Lipinski definition) is 1. The van der Waals surface area contributed by atoms with Gasteiger partial charge in [0.2, 0.25) is 0 Å². The summed E-state index contributed by atoms with van der Waals surface area (Å²) in [4.78, 5) is 26.8. The molecule has 3 rings (SSSR count). The number of carbonyl (C=O) groups is 2. The monoisotopic (exact) mass is 378 g/mol. The molecule has 0 saturated carbocycles. The summed E-state index contributed by atoms with van der Waals surface area (Å²) in [5.74, 6) is -0.436. The molecule has 0 aromatic heterocycles. The van der Waals surface area contributed by atoms with E-state index in [2.05, 4.69) is 5.32 Å². The fraction of sp³-hybridized carbons (Fsp3) is 0.0909. The number of carbonyl (C=O) groups excluding carboxylic acids is 2. The Morgan fingerprint density at radius 3 is 2.33 bits per heavy atom. The van der Waals surface area contributed by atoms with Crippen molar-refractivity contribution in [3.8, 4) is 0 Å². The van der Waals surface area contributed by atoms with Gasteiger partial charge < -0.3 is 10.2 Å². The quantitative estimate of drug-likeness (QED) is 0.688. The van der Waals surface area contributed by atoms with E-state index in [4.69, 9.17) is 11.6 Å². The molecule has 2 amide bonds. The van der Waals surface area contributed by atoms with E-state index in [1.807, 2.05) is 30.3 Å². The highest BCUT2D eigenvalue weighted by Crippen LogP contribution is 2.17. The lowest BCUT2D eigenvalue weighted by Crippen LogP contribution is -2.26. The summed E-state index contributed by atoms with van der Waals surface area (Å²) in [6.07, 6.45) is 0. The van der Waals surface area contributed by atoms with Gasteiger partial charge in [-0.15, -0.1) is 0 Å². The van der Waals surface area contributed by atoms with Crippen molar-refractivity contribution in [2.75, 3.05) is 12.4 Å². The van der Waals surface area contributed by atoms with Gasteiger partial charge in [-0.2, -0.15) is 0 Å². The van der Waals surface area contributed by atoms with Gasteiger partial charge in [0.05, 0.1) is 0 Å². The van der Waals surface area contributed by atoms with E-state index in [0.29, 0.717) is 28.4 Å². The van der Waals surface area contributed by atoms with Crippen molar-refractivity contribution in [3.63, 3.8) is 0 Å². The number of halogens is 1. The largest absolute Gasteiger partial charge is 0.337 e. The second kappa shape index (κ2) is 8.52. The van der Waals surface area contributed by atoms with Crippen LogP contribution in [-0.2, 0) is 6.54 Å². The first-order valence-electron chi connectivity index (χ1n) is 8.49. The van der Waals surface area contributed by atoms with Crippen LogP contribution in [0.2, 0.25) is 5.02 Å². The summed E-state index contributed by atoms with van der Waals surface area (Å²) >= 11 is 5.94. The van der Waals surface area contributed by atoms with Gasteiger partial charge in [-0.05, 0) is 42.0 Å². The minimum atomic E-state index is -0.294. The Morgan fingerprint density at radius 2 is 1.59 bits per heavy atom. The number of nitrogens with zero attached hydrogens (tertiary/aromatic N) is 1. The van der Waals surface area contributed by atoms with E-state index in [1.165, 1.54) is 0 Å². The molecule has 3 aromatic carbocycles. The predicted octanol–water partition coefficient (Wildman–Crippen LogP) is 4.86. The lowest BCUT2D eigenvalue weighted by Gasteiger charge is -2.17. The molecular weight excluding hydrogens is 360 g/mol. The fourth-order valence-corrected chi connectivity index (χ4v) is 2.90. The van der Waals surface area contributed by atoms with E-state index in [0.717, 1.165) is 5.56 Å². The van der Waals surface area contributed by atoms with Crippen molar-refractivity contribution >= 4 is 29.1 Å². The molecule has 5 heteroatoms. The number of hydrogen-bond acceptors (Lipinski definition) is 2. The van der Waals surface area contributed by atoms with Gasteiger partial charge >= 0.3 is 0 Å². The molecule has 27 heavy (non-hydrogen) atoms. The van der Waals surface area contributed by atoms with Crippen LogP contribution >= 0.6 is 11.6 Å². The lowest BCUT2D eigenvalue weighted by atomic mass is 10.1. The van der Waals surface area contributed by atoms with Crippen LogP contribution in [0.25, 0.3) is 0 Å². The highest BCUT2D eigenvalue weighted by molar-refractivity contribution is 6.31. The van der Waals surface area contributed by atoms with Crippen molar-refractivity contribution in [1.82, 2.24) is 4.90 Å². The first kappa shape index (κ1) is 18.7. The molecule has 0 bridgehead atoms. The third-order valence-corrected chi connectivity index (χ3v) is 4.30. The van der Waals surface area contributed by atoms with Crippen LogP contribution in [0.3, 0.4) is 0 Å². The van der Waals surface area contributed by atoms with Crippen molar-refractivity contribution in [3.05, 3.63) is 101 Å². The Kier molecular flexibility index (Phi) is 5.89. The van der Waals surface area contributed by atoms with Gasteiger partial charge in [0.25, 0.3) is 11.8 Å². The van der Waals surface area contributed by atoms with Crippen LogP contribution in [0.4, 0.5) is 5.69 Å². The Bertz CT molecular complexity index is 957. The molecule has 0 saturated heterocycles. The zero-order valence-electron chi connectivity index (χ0n) is 14.9. The summed E-state index contributed by atoms with van der Waals surface area (Å²) in [7, 11) is 1.74. The number of rotatable bonds is 5. The van der Waals surface area contributed by atoms with Gasteiger partial charge in [-0.1, -0.05) is 54.1 Å². The van der Waals surface area contributed by atoms with Gasteiger partial charge in [-0.3, -0.25) is 9.59 Å². The van der Waals surface area contributed by atoms with E-state index < -0.39 is 0 Å². The van der Waals surface area contributed by atoms with Crippen LogP contribution < -0.4 is 5.32 Å². The summed E-state index contributed by atoms with van der Waals surface area (Å²) in [6.45, 7) is 0.499. The summed E-state index contributed by atoms with van der Waals surface area (Å²) in [6, 6.07) is 23.4. The SMILES string of the molecule is CN(Cc1ccccc1)C(=O)c1cccc(C(=O)Nc2cccc(Cl)c2)c1. The number of anilines is 1. The molecule has 0 fully saturated rings. The zero-order chi connectivity index (χ0) is 19.2. The second-order valence-electron chi connectivity index (χ2n) is 6.19. The summed E-state index contributed by atoms with van der Waals surface area (Å²) in [5, 5.41) is 3.33. The van der Waals surface area contributed by atoms with Crippen molar-refractivity contribution in [1.29, 1.82) is 0 Å². The molecule has 1 N–H and O–H groups in total. The maximum absolute atomic E-state index is 12.7. The topological polar surface area (TPSA) is 49.4 Å². The van der Waals surface area contributed by atoms with E-state index >= 15 is 0 Å². The first-order valence-corrected chi connectivity index (χ1v) is 8.87. The maximum atomic E-state index is 12.7. The van der Waals surface area contributed by atoms with Crippen LogP contribution in [0, 0.1) is 0 Å². The summed E-state index contributed by atoms with van der Waals surface area (Å²) in [5.41, 5.74) is 2.52. The van der Waals surface area contributed by atoms with Crippen molar-refractivity contribution < 1.29 is 9.59 Å². The number of benzene rings is 3. The van der Waals surface area contributed by atoms with Crippen LogP contribution in [0.5, 0.6) is 0 Å². The first-order chi connectivity index (χ1) is 13.0. The molecule has 0 atom stereocenters. The third kappa shape index (κ3) is 4.96. The van der Waals surface area contributed by atoms with Gasteiger partial charge in [0.15, 0.2) is 0 Å². The normalized spacial score (nSPS) is 10.3. The van der Waals surface area contributed by atoms with E-state index in [1.54, 1.807) is 60.5 Å². The minimum absolute atomic E-state index is 0.142. The van der Waals surface area contributed by atoms with Crippen molar-refractivity contribution in [2.24, 2.45) is 0 Å². The average Bonchev–Trinajstić information content (AvgIpc) is 2.68. The lowest BCUT2D eigenvalue weighted by molar-refractivity contribution is 0.0785. The van der Waals surface area contributed by atoms with Crippen LogP contribution in [-0.4, -0.2) is 23.8 Å². The molecule has 0 aliphatic carbocycles. The minimum Gasteiger partial charge on any atom is -0.337 e. The Balaban J connectivity index is 1.72. The Hall–Kier alpha value is -3.11. The Morgan fingerprint density at radius 1 is 0.889 bits per heavy atom. The fourth-order valence-electron chi connectivity index (χ4n) is 2.71. The van der Waals surface area contributed by atoms with Crippen molar-refractivity contribution in [2.45, 2.75) is 6.54 Å². The molecular formula is C22H19ClN2O2. The van der Waals surface area contributed by atoms with Gasteiger partial charge in [0, 0.05) is 35.4 Å². The Labute approximate surface area is 163 Å². The molecule has 0 aliphatic heterocycles. The molecule has 136 valence electrons. The van der Waals surface area contributed by atoms with Gasteiger partial charge in [-0.25, -0.2) is 0 Å².